The number of ether oxygens (including phenoxy) is 1. The molecule has 0 heterocycles. The van der Waals surface area contributed by atoms with Crippen LogP contribution in [0.3, 0.4) is 0 Å². The molecule has 5 heteroatoms. The Morgan fingerprint density at radius 1 is 1.26 bits per heavy atom. The first-order valence-electron chi connectivity index (χ1n) is 5.48. The lowest BCUT2D eigenvalue weighted by molar-refractivity contribution is 0.214. The van der Waals surface area contributed by atoms with Crippen LogP contribution >= 0.6 is 27.5 Å². The van der Waals surface area contributed by atoms with Gasteiger partial charge in [0, 0.05) is 15.1 Å². The SMILES string of the molecule is COc1ccc(F)cc1C(O)c1cc(Cl)cc(Br)c1. The van der Waals surface area contributed by atoms with Crippen LogP contribution in [0, 0.1) is 5.82 Å². The number of rotatable bonds is 3. The molecule has 0 aliphatic rings. The number of aliphatic hydroxyl groups is 1. The highest BCUT2D eigenvalue weighted by atomic mass is 79.9. The molecule has 0 fully saturated rings. The third kappa shape index (κ3) is 3.26. The standard InChI is InChI=1S/C14H11BrClFO2/c1-19-13-3-2-11(17)7-12(13)14(18)8-4-9(15)6-10(16)5-8/h2-7,14,18H,1H3. The van der Waals surface area contributed by atoms with Gasteiger partial charge in [-0.05, 0) is 42.0 Å². The van der Waals surface area contributed by atoms with Crippen LogP contribution in [-0.4, -0.2) is 12.2 Å². The first kappa shape index (κ1) is 14.3. The quantitative estimate of drug-likeness (QED) is 0.897. The van der Waals surface area contributed by atoms with E-state index >= 15 is 0 Å². The summed E-state index contributed by atoms with van der Waals surface area (Å²) >= 11 is 9.24. The van der Waals surface area contributed by atoms with Gasteiger partial charge < -0.3 is 9.84 Å². The minimum absolute atomic E-state index is 0.358. The topological polar surface area (TPSA) is 29.5 Å². The smallest absolute Gasteiger partial charge is 0.125 e. The second-order valence-electron chi connectivity index (χ2n) is 3.99. The number of methoxy groups -OCH3 is 1. The van der Waals surface area contributed by atoms with E-state index in [1.807, 2.05) is 0 Å². The Kier molecular flexibility index (Phi) is 4.45. The maximum atomic E-state index is 13.3. The van der Waals surface area contributed by atoms with Crippen LogP contribution in [0.5, 0.6) is 5.75 Å². The molecular formula is C14H11BrClFO2. The predicted molar refractivity (Wildman–Crippen MR) is 76.2 cm³/mol. The van der Waals surface area contributed by atoms with Gasteiger partial charge in [-0.2, -0.15) is 0 Å². The Hall–Kier alpha value is -1.10. The lowest BCUT2D eigenvalue weighted by atomic mass is 10.0. The van der Waals surface area contributed by atoms with Gasteiger partial charge in [0.1, 0.15) is 17.7 Å². The monoisotopic (exact) mass is 344 g/mol. The summed E-state index contributed by atoms with van der Waals surface area (Å²) in [5, 5.41) is 10.8. The first-order chi connectivity index (χ1) is 9.01. The molecule has 1 atom stereocenters. The van der Waals surface area contributed by atoms with Crippen LogP contribution < -0.4 is 4.74 Å². The molecule has 100 valence electrons. The molecule has 0 saturated carbocycles. The Bertz CT molecular complexity index is 584. The van der Waals surface area contributed by atoms with Crippen molar-refractivity contribution in [1.82, 2.24) is 0 Å². The summed E-state index contributed by atoms with van der Waals surface area (Å²) in [6, 6.07) is 9.07. The van der Waals surface area contributed by atoms with E-state index < -0.39 is 11.9 Å². The van der Waals surface area contributed by atoms with Crippen molar-refractivity contribution in [1.29, 1.82) is 0 Å². The van der Waals surface area contributed by atoms with Crippen LogP contribution in [0.1, 0.15) is 17.2 Å². The summed E-state index contributed by atoms with van der Waals surface area (Å²) in [6.45, 7) is 0. The molecule has 0 saturated heterocycles. The second-order valence-corrected chi connectivity index (χ2v) is 5.34. The van der Waals surface area contributed by atoms with Crippen molar-refractivity contribution in [3.63, 3.8) is 0 Å². The highest BCUT2D eigenvalue weighted by Crippen LogP contribution is 2.33. The summed E-state index contributed by atoms with van der Waals surface area (Å²) in [5.74, 6) is -0.0130. The molecule has 0 bridgehead atoms. The van der Waals surface area contributed by atoms with Crippen LogP contribution in [0.15, 0.2) is 40.9 Å². The minimum atomic E-state index is -1.01. The molecule has 2 nitrogen and oxygen atoms in total. The third-order valence-electron chi connectivity index (χ3n) is 2.69. The normalized spacial score (nSPS) is 12.3. The molecule has 2 rings (SSSR count). The zero-order valence-corrected chi connectivity index (χ0v) is 12.4. The van der Waals surface area contributed by atoms with E-state index in [9.17, 15) is 9.50 Å². The minimum Gasteiger partial charge on any atom is -0.496 e. The van der Waals surface area contributed by atoms with Crippen molar-refractivity contribution in [3.8, 4) is 5.75 Å². The number of aliphatic hydroxyl groups excluding tert-OH is 1. The summed E-state index contributed by atoms with van der Waals surface area (Å²) in [7, 11) is 1.47. The second kappa shape index (κ2) is 5.90. The summed E-state index contributed by atoms with van der Waals surface area (Å²) < 4.78 is 19.2. The number of halogens is 3. The van der Waals surface area contributed by atoms with E-state index in [2.05, 4.69) is 15.9 Å². The average molecular weight is 346 g/mol. The van der Waals surface area contributed by atoms with Gasteiger partial charge in [0.2, 0.25) is 0 Å². The largest absolute Gasteiger partial charge is 0.496 e. The van der Waals surface area contributed by atoms with Gasteiger partial charge in [-0.25, -0.2) is 4.39 Å². The van der Waals surface area contributed by atoms with Crippen molar-refractivity contribution < 1.29 is 14.2 Å². The highest BCUT2D eigenvalue weighted by Gasteiger charge is 2.17. The molecule has 1 N–H and O–H groups in total. The van der Waals surface area contributed by atoms with E-state index in [0.29, 0.717) is 21.9 Å². The third-order valence-corrected chi connectivity index (χ3v) is 3.36. The molecule has 0 aromatic heterocycles. The molecule has 0 aliphatic heterocycles. The van der Waals surface area contributed by atoms with Gasteiger partial charge in [-0.1, -0.05) is 27.5 Å². The van der Waals surface area contributed by atoms with E-state index in [1.54, 1.807) is 18.2 Å². The van der Waals surface area contributed by atoms with E-state index in [4.69, 9.17) is 16.3 Å². The Morgan fingerprint density at radius 3 is 2.63 bits per heavy atom. The maximum absolute atomic E-state index is 13.3. The highest BCUT2D eigenvalue weighted by molar-refractivity contribution is 9.10. The Morgan fingerprint density at radius 2 is 2.00 bits per heavy atom. The zero-order valence-electron chi connectivity index (χ0n) is 10.0. The van der Waals surface area contributed by atoms with Crippen molar-refractivity contribution in [2.75, 3.05) is 7.11 Å². The van der Waals surface area contributed by atoms with Gasteiger partial charge in [0.25, 0.3) is 0 Å². The van der Waals surface area contributed by atoms with Crippen LogP contribution in [-0.2, 0) is 0 Å². The van der Waals surface area contributed by atoms with Crippen molar-refractivity contribution in [2.45, 2.75) is 6.10 Å². The van der Waals surface area contributed by atoms with Gasteiger partial charge >= 0.3 is 0 Å². The van der Waals surface area contributed by atoms with Gasteiger partial charge in [0.05, 0.1) is 7.11 Å². The summed E-state index contributed by atoms with van der Waals surface area (Å²) in [5.41, 5.74) is 0.917. The van der Waals surface area contributed by atoms with Crippen LogP contribution in [0.25, 0.3) is 0 Å². The Labute approximate surface area is 123 Å². The molecule has 2 aromatic carbocycles. The van der Waals surface area contributed by atoms with Gasteiger partial charge in [-0.3, -0.25) is 0 Å². The van der Waals surface area contributed by atoms with E-state index in [-0.39, 0.29) is 0 Å². The molecule has 0 spiro atoms. The van der Waals surface area contributed by atoms with Crippen molar-refractivity contribution >= 4 is 27.5 Å². The van der Waals surface area contributed by atoms with Crippen molar-refractivity contribution in [2.24, 2.45) is 0 Å². The fourth-order valence-electron chi connectivity index (χ4n) is 1.83. The number of hydrogen-bond donors (Lipinski definition) is 1. The van der Waals surface area contributed by atoms with Gasteiger partial charge in [0.15, 0.2) is 0 Å². The fourth-order valence-corrected chi connectivity index (χ4v) is 2.72. The van der Waals surface area contributed by atoms with Crippen LogP contribution in [0.4, 0.5) is 4.39 Å². The summed E-state index contributed by atoms with van der Waals surface area (Å²) in [6.07, 6.45) is -1.01. The molecule has 0 radical (unpaired) electrons. The van der Waals surface area contributed by atoms with Crippen LogP contribution in [0.2, 0.25) is 5.02 Å². The van der Waals surface area contributed by atoms with E-state index in [1.165, 1.54) is 25.3 Å². The molecule has 0 aliphatic carbocycles. The lowest BCUT2D eigenvalue weighted by Gasteiger charge is -2.16. The predicted octanol–water partition coefficient (Wildman–Crippen LogP) is 4.33. The molecule has 0 amide bonds. The number of hydrogen-bond acceptors (Lipinski definition) is 2. The molecule has 19 heavy (non-hydrogen) atoms. The lowest BCUT2D eigenvalue weighted by Crippen LogP contribution is -2.03. The fraction of sp³-hybridized carbons (Fsp3) is 0.143. The molecule has 1 unspecified atom stereocenters. The van der Waals surface area contributed by atoms with Gasteiger partial charge in [-0.15, -0.1) is 0 Å². The first-order valence-corrected chi connectivity index (χ1v) is 6.66. The zero-order chi connectivity index (χ0) is 14.0. The number of benzene rings is 2. The Balaban J connectivity index is 2.48. The van der Waals surface area contributed by atoms with Crippen molar-refractivity contribution in [3.05, 3.63) is 62.8 Å². The maximum Gasteiger partial charge on any atom is 0.125 e. The molecular weight excluding hydrogens is 335 g/mol. The van der Waals surface area contributed by atoms with E-state index in [0.717, 1.165) is 4.47 Å². The molecule has 2 aromatic rings. The summed E-state index contributed by atoms with van der Waals surface area (Å²) in [4.78, 5) is 0. The average Bonchev–Trinajstić information content (AvgIpc) is 2.36.